The standard InChI is InChI=1S/C50H78N8O11/c1-6-8-9-10-11-12-13-14-15-16-17-18-19-21-42(63)57(4)39(31-60)48(67)56-45(51)50(69)52-29-43(64)58(5)44-34-23-25-41(62)37(28-34)36-26-33(22-24-40(36)61)27-38(47(66)54-35(30-59)20-7-2)55-46(65)32(3)53-49(44)68/h22-26,28,32,35,38-39,44-45,59-62H,6-21,27,29-31,51H2,1-5H3,(H,52,69)(H,53,68)(H,54,66)(H,55,65)(H,56,67)/t32-,35-,38-,39+,44-,45-/m0/s1. The van der Waals surface area contributed by atoms with E-state index in [0.717, 1.165) is 35.5 Å². The molecule has 6 atom stereocenters. The van der Waals surface area contributed by atoms with Crippen molar-refractivity contribution in [3.63, 3.8) is 0 Å². The SMILES string of the molecule is CCCCCCCCCCCCCCCC(=O)N(C)[C@H](CO)C(=O)N[C@H](N)C(=O)NCC(=O)N(C)[C@@H]1C(=O)N[C@@H](C)C(=O)N[C@H](C(=O)N[C@H](CO)CCC)Cc2ccc(O)c(c2)-c2cc1ccc2O. The number of benzene rings is 2. The van der Waals surface area contributed by atoms with Crippen LogP contribution in [0.5, 0.6) is 11.5 Å². The van der Waals surface area contributed by atoms with Gasteiger partial charge in [0.05, 0.1) is 25.8 Å². The van der Waals surface area contributed by atoms with Crippen LogP contribution in [0.2, 0.25) is 0 Å². The van der Waals surface area contributed by atoms with Crippen molar-refractivity contribution in [2.75, 3.05) is 33.9 Å². The summed E-state index contributed by atoms with van der Waals surface area (Å²) in [6, 6.07) is 2.59. The van der Waals surface area contributed by atoms with Crippen molar-refractivity contribution in [3.05, 3.63) is 47.5 Å². The number of unbranched alkanes of at least 4 members (excludes halogenated alkanes) is 12. The third-order valence-electron chi connectivity index (χ3n) is 12.6. The largest absolute Gasteiger partial charge is 0.507 e. The second kappa shape index (κ2) is 30.0. The number of nitrogens with one attached hydrogen (secondary N) is 5. The van der Waals surface area contributed by atoms with Gasteiger partial charge in [-0.25, -0.2) is 0 Å². The summed E-state index contributed by atoms with van der Waals surface area (Å²) in [6.45, 7) is 3.69. The van der Waals surface area contributed by atoms with Gasteiger partial charge in [0.1, 0.15) is 35.7 Å². The zero-order valence-corrected chi connectivity index (χ0v) is 41.2. The number of hydrogen-bond donors (Lipinski definition) is 10. The van der Waals surface area contributed by atoms with Crippen LogP contribution in [0.1, 0.15) is 141 Å². The van der Waals surface area contributed by atoms with Gasteiger partial charge in [-0.1, -0.05) is 109 Å². The zero-order valence-electron chi connectivity index (χ0n) is 41.2. The summed E-state index contributed by atoms with van der Waals surface area (Å²) in [5.74, 6) is -5.82. The molecule has 0 spiro atoms. The summed E-state index contributed by atoms with van der Waals surface area (Å²) in [4.78, 5) is 96.3. The fourth-order valence-electron chi connectivity index (χ4n) is 8.26. The summed E-state index contributed by atoms with van der Waals surface area (Å²) < 4.78 is 0. The smallest absolute Gasteiger partial charge is 0.257 e. The average Bonchev–Trinajstić information content (AvgIpc) is 3.32. The Bertz CT molecular complexity index is 2020. The van der Waals surface area contributed by atoms with Gasteiger partial charge >= 0.3 is 0 Å². The first kappa shape index (κ1) is 57.5. The average molecular weight is 967 g/mol. The van der Waals surface area contributed by atoms with Crippen molar-refractivity contribution in [2.24, 2.45) is 5.73 Å². The molecule has 1 aliphatic heterocycles. The number of aromatic hydroxyl groups is 2. The van der Waals surface area contributed by atoms with Crippen LogP contribution in [0.15, 0.2) is 36.4 Å². The van der Waals surface area contributed by atoms with Crippen LogP contribution < -0.4 is 32.3 Å². The molecule has 0 unspecified atom stereocenters. The lowest BCUT2D eigenvalue weighted by atomic mass is 9.93. The predicted octanol–water partition coefficient (Wildman–Crippen LogP) is 2.90. The monoisotopic (exact) mass is 967 g/mol. The molecule has 4 bridgehead atoms. The number of aliphatic hydroxyl groups excluding tert-OH is 2. The molecule has 0 aliphatic carbocycles. The molecule has 384 valence electrons. The highest BCUT2D eigenvalue weighted by atomic mass is 16.3. The third-order valence-corrected chi connectivity index (χ3v) is 12.6. The Morgan fingerprint density at radius 2 is 1.30 bits per heavy atom. The van der Waals surface area contributed by atoms with E-state index >= 15 is 0 Å². The molecule has 1 aliphatic rings. The summed E-state index contributed by atoms with van der Waals surface area (Å²) >= 11 is 0. The van der Waals surface area contributed by atoms with Gasteiger partial charge < -0.3 is 62.5 Å². The van der Waals surface area contributed by atoms with Crippen molar-refractivity contribution in [3.8, 4) is 22.6 Å². The Kier molecular flexibility index (Phi) is 25.0. The molecular formula is C50H78N8O11. The second-order valence-electron chi connectivity index (χ2n) is 18.1. The van der Waals surface area contributed by atoms with Crippen LogP contribution in [0, 0.1) is 0 Å². The van der Waals surface area contributed by atoms with E-state index in [1.54, 1.807) is 6.07 Å². The van der Waals surface area contributed by atoms with Crippen molar-refractivity contribution >= 4 is 41.4 Å². The van der Waals surface area contributed by atoms with Crippen molar-refractivity contribution in [2.45, 2.75) is 166 Å². The lowest BCUT2D eigenvalue weighted by Crippen LogP contribution is -2.59. The summed E-state index contributed by atoms with van der Waals surface area (Å²) in [5.41, 5.74) is 6.81. The molecule has 7 amide bonds. The molecule has 69 heavy (non-hydrogen) atoms. The van der Waals surface area contributed by atoms with Gasteiger partial charge in [0.15, 0.2) is 6.17 Å². The molecule has 19 heteroatoms. The minimum absolute atomic E-state index is 0.0620. The van der Waals surface area contributed by atoms with E-state index in [0.29, 0.717) is 24.8 Å². The first-order chi connectivity index (χ1) is 33.0. The molecule has 0 saturated carbocycles. The fourth-order valence-corrected chi connectivity index (χ4v) is 8.26. The first-order valence-electron chi connectivity index (χ1n) is 24.6. The quantitative estimate of drug-likeness (QED) is 0.0457. The van der Waals surface area contributed by atoms with Crippen LogP contribution in [-0.4, -0.2) is 136 Å². The lowest BCUT2D eigenvalue weighted by molar-refractivity contribution is -0.142. The normalized spacial score (nSPS) is 17.2. The number of carbonyl (C=O) groups excluding carboxylic acids is 7. The number of likely N-dealkylation sites (N-methyl/N-ethyl adjacent to an activating group) is 2. The van der Waals surface area contributed by atoms with Crippen molar-refractivity contribution in [1.29, 1.82) is 0 Å². The van der Waals surface area contributed by atoms with Crippen molar-refractivity contribution in [1.82, 2.24) is 36.4 Å². The number of nitrogens with zero attached hydrogens (tertiary/aromatic N) is 2. The number of carbonyl (C=O) groups is 7. The van der Waals surface area contributed by atoms with E-state index in [2.05, 4.69) is 33.5 Å². The van der Waals surface area contributed by atoms with E-state index in [4.69, 9.17) is 5.73 Å². The van der Waals surface area contributed by atoms with Gasteiger partial charge in [-0.3, -0.25) is 33.6 Å². The molecular weight excluding hydrogens is 889 g/mol. The molecule has 0 radical (unpaired) electrons. The topological polar surface area (TPSA) is 293 Å². The summed E-state index contributed by atoms with van der Waals surface area (Å²) in [6.07, 6.45) is 14.5. The molecule has 2 aromatic rings. The van der Waals surface area contributed by atoms with Crippen LogP contribution in [0.3, 0.4) is 0 Å². The van der Waals surface area contributed by atoms with E-state index in [1.807, 2.05) is 6.92 Å². The summed E-state index contributed by atoms with van der Waals surface area (Å²) in [5, 5.41) is 54.5. The Hall–Kier alpha value is -5.79. The number of hydrogen-bond acceptors (Lipinski definition) is 12. The van der Waals surface area contributed by atoms with E-state index in [-0.39, 0.29) is 53.5 Å². The number of nitrogens with two attached hydrogens (primary N) is 1. The highest BCUT2D eigenvalue weighted by molar-refractivity contribution is 5.97. The summed E-state index contributed by atoms with van der Waals surface area (Å²) in [7, 11) is 2.65. The highest BCUT2D eigenvalue weighted by Gasteiger charge is 2.34. The van der Waals surface area contributed by atoms with Gasteiger partial charge in [0.2, 0.25) is 35.4 Å². The molecule has 3 rings (SSSR count). The third kappa shape index (κ3) is 18.2. The van der Waals surface area contributed by atoms with Gasteiger partial charge in [0, 0.05) is 38.1 Å². The fraction of sp³-hybridized carbons (Fsp3) is 0.620. The van der Waals surface area contributed by atoms with Gasteiger partial charge in [-0.15, -0.1) is 0 Å². The molecule has 0 saturated heterocycles. The Labute approximate surface area is 406 Å². The number of fused-ring (bicyclic) bond motifs is 5. The predicted molar refractivity (Wildman–Crippen MR) is 261 cm³/mol. The van der Waals surface area contributed by atoms with Gasteiger partial charge in [0.25, 0.3) is 5.91 Å². The second-order valence-corrected chi connectivity index (χ2v) is 18.1. The highest BCUT2D eigenvalue weighted by Crippen LogP contribution is 2.38. The number of amides is 7. The Morgan fingerprint density at radius 3 is 1.88 bits per heavy atom. The minimum Gasteiger partial charge on any atom is -0.507 e. The Morgan fingerprint density at radius 1 is 0.725 bits per heavy atom. The van der Waals surface area contributed by atoms with E-state index in [1.165, 1.54) is 103 Å². The first-order valence-corrected chi connectivity index (χ1v) is 24.6. The minimum atomic E-state index is -1.71. The molecule has 0 fully saturated rings. The maximum atomic E-state index is 14.1. The Balaban J connectivity index is 1.66. The molecule has 19 nitrogen and oxygen atoms in total. The number of phenolic OH excluding ortho intramolecular Hbond substituents is 2. The maximum absolute atomic E-state index is 14.1. The molecule has 0 aromatic heterocycles. The molecule has 1 heterocycles. The van der Waals surface area contributed by atoms with E-state index < -0.39 is 85.0 Å². The van der Waals surface area contributed by atoms with Crippen LogP contribution in [0.25, 0.3) is 11.1 Å². The van der Waals surface area contributed by atoms with Crippen LogP contribution >= 0.6 is 0 Å². The van der Waals surface area contributed by atoms with Crippen LogP contribution in [0.4, 0.5) is 0 Å². The van der Waals surface area contributed by atoms with Gasteiger partial charge in [-0.2, -0.15) is 0 Å². The van der Waals surface area contributed by atoms with Gasteiger partial charge in [-0.05, 0) is 55.2 Å². The van der Waals surface area contributed by atoms with E-state index in [9.17, 15) is 54.0 Å². The lowest BCUT2D eigenvalue weighted by Gasteiger charge is -2.30. The number of phenols is 2. The number of aliphatic hydroxyl groups is 2. The molecule has 2 aromatic carbocycles. The molecule has 11 N–H and O–H groups in total. The van der Waals surface area contributed by atoms with Crippen LogP contribution in [-0.2, 0) is 40.0 Å². The number of rotatable bonds is 27. The maximum Gasteiger partial charge on any atom is 0.257 e. The van der Waals surface area contributed by atoms with Crippen molar-refractivity contribution < 1.29 is 54.0 Å². The zero-order chi connectivity index (χ0) is 51.0.